The van der Waals surface area contributed by atoms with Gasteiger partial charge in [0, 0.05) is 18.8 Å². The Hall–Kier alpha value is -1.58. The van der Waals surface area contributed by atoms with Crippen LogP contribution in [0.25, 0.3) is 0 Å². The number of ether oxygens (including phenoxy) is 2. The molecule has 2 saturated carbocycles. The van der Waals surface area contributed by atoms with E-state index in [1.807, 2.05) is 6.92 Å². The molecule has 0 aromatic carbocycles. The summed E-state index contributed by atoms with van der Waals surface area (Å²) in [5.74, 6) is -0.00559. The predicted octanol–water partition coefficient (Wildman–Crippen LogP) is 2.64. The lowest BCUT2D eigenvalue weighted by atomic mass is 9.80. The van der Waals surface area contributed by atoms with Crippen molar-refractivity contribution in [3.63, 3.8) is 0 Å². The minimum atomic E-state index is -0.295. The van der Waals surface area contributed by atoms with Gasteiger partial charge in [0.2, 0.25) is 0 Å². The molecular formula is C17H22O4. The maximum atomic E-state index is 11.9. The van der Waals surface area contributed by atoms with E-state index in [1.54, 1.807) is 0 Å². The minimum Gasteiger partial charge on any atom is -0.461 e. The fourth-order valence-electron chi connectivity index (χ4n) is 4.27. The Morgan fingerprint density at radius 1 is 1.38 bits per heavy atom. The first-order chi connectivity index (χ1) is 9.90. The van der Waals surface area contributed by atoms with Gasteiger partial charge in [-0.15, -0.1) is 0 Å². The molecule has 114 valence electrons. The van der Waals surface area contributed by atoms with Gasteiger partial charge in [-0.05, 0) is 30.8 Å². The van der Waals surface area contributed by atoms with Gasteiger partial charge in [-0.2, -0.15) is 0 Å². The Bertz CT molecular complexity index is 521. The van der Waals surface area contributed by atoms with Crippen LogP contribution in [0, 0.1) is 23.7 Å². The van der Waals surface area contributed by atoms with E-state index in [0.717, 1.165) is 24.8 Å². The highest BCUT2D eigenvalue weighted by molar-refractivity contribution is 5.75. The molecular weight excluding hydrogens is 268 g/mol. The standard InChI is InChI=1S/C17H22O4/c1-8-5-6-12-9(2)17(19)21-16(12)15-10(3)14(7-13(8)15)20-11(4)18/h9,12-16H,1,3,5-7H2,2,4H3/t9-,12?,13-,14-,15?,16-/m0/s1. The van der Waals surface area contributed by atoms with Crippen molar-refractivity contribution in [2.24, 2.45) is 23.7 Å². The van der Waals surface area contributed by atoms with Crippen LogP contribution >= 0.6 is 0 Å². The summed E-state index contributed by atoms with van der Waals surface area (Å²) in [5, 5.41) is 0. The highest BCUT2D eigenvalue weighted by Gasteiger charge is 2.54. The number of hydrogen-bond donors (Lipinski definition) is 0. The van der Waals surface area contributed by atoms with E-state index in [1.165, 1.54) is 12.5 Å². The van der Waals surface area contributed by atoms with Gasteiger partial charge in [-0.25, -0.2) is 0 Å². The largest absolute Gasteiger partial charge is 0.461 e. The van der Waals surface area contributed by atoms with Crippen LogP contribution in [0.4, 0.5) is 0 Å². The van der Waals surface area contributed by atoms with Gasteiger partial charge < -0.3 is 9.47 Å². The van der Waals surface area contributed by atoms with Crippen molar-refractivity contribution in [2.45, 2.75) is 45.3 Å². The molecule has 0 amide bonds. The first kappa shape index (κ1) is 14.4. The molecule has 2 aliphatic carbocycles. The van der Waals surface area contributed by atoms with Crippen LogP contribution in [-0.2, 0) is 19.1 Å². The number of carbonyl (C=O) groups is 2. The van der Waals surface area contributed by atoms with Crippen LogP contribution < -0.4 is 0 Å². The second-order valence-electron chi connectivity index (χ2n) is 6.59. The zero-order valence-corrected chi connectivity index (χ0v) is 12.6. The van der Waals surface area contributed by atoms with E-state index in [4.69, 9.17) is 9.47 Å². The van der Waals surface area contributed by atoms with Crippen molar-refractivity contribution in [2.75, 3.05) is 0 Å². The summed E-state index contributed by atoms with van der Waals surface area (Å²) in [7, 11) is 0. The van der Waals surface area contributed by atoms with Gasteiger partial charge in [-0.3, -0.25) is 9.59 Å². The molecule has 0 spiro atoms. The predicted molar refractivity (Wildman–Crippen MR) is 77.2 cm³/mol. The first-order valence-corrected chi connectivity index (χ1v) is 7.64. The van der Waals surface area contributed by atoms with Crippen LogP contribution in [0.2, 0.25) is 0 Å². The van der Waals surface area contributed by atoms with E-state index in [9.17, 15) is 9.59 Å². The molecule has 3 aliphatic rings. The van der Waals surface area contributed by atoms with Crippen molar-refractivity contribution in [3.8, 4) is 0 Å². The molecule has 1 aliphatic heterocycles. The van der Waals surface area contributed by atoms with Gasteiger partial charge in [0.15, 0.2) is 0 Å². The molecule has 6 atom stereocenters. The summed E-state index contributed by atoms with van der Waals surface area (Å²) >= 11 is 0. The number of carbonyl (C=O) groups excluding carboxylic acids is 2. The zero-order chi connectivity index (χ0) is 15.3. The van der Waals surface area contributed by atoms with E-state index in [0.29, 0.717) is 0 Å². The molecule has 4 nitrogen and oxygen atoms in total. The van der Waals surface area contributed by atoms with E-state index in [-0.39, 0.29) is 47.8 Å². The summed E-state index contributed by atoms with van der Waals surface area (Å²) in [6.45, 7) is 11.7. The van der Waals surface area contributed by atoms with Gasteiger partial charge in [0.25, 0.3) is 0 Å². The molecule has 21 heavy (non-hydrogen) atoms. The molecule has 1 heterocycles. The van der Waals surface area contributed by atoms with Gasteiger partial charge in [-0.1, -0.05) is 25.7 Å². The molecule has 3 rings (SSSR count). The molecule has 3 fully saturated rings. The SMILES string of the molecule is C=C1C2[C@H]3OC(=O)[C@@H](C)C3CCC(=C)[C@@H]2C[C@@H]1OC(C)=O. The number of esters is 2. The fourth-order valence-corrected chi connectivity index (χ4v) is 4.27. The Labute approximate surface area is 125 Å². The van der Waals surface area contributed by atoms with Gasteiger partial charge >= 0.3 is 11.9 Å². The third-order valence-corrected chi connectivity index (χ3v) is 5.42. The summed E-state index contributed by atoms with van der Waals surface area (Å²) < 4.78 is 11.0. The fraction of sp³-hybridized carbons (Fsp3) is 0.647. The van der Waals surface area contributed by atoms with Crippen LogP contribution in [-0.4, -0.2) is 24.1 Å². The van der Waals surface area contributed by atoms with Gasteiger partial charge in [0.05, 0.1) is 5.92 Å². The van der Waals surface area contributed by atoms with Gasteiger partial charge in [0.1, 0.15) is 12.2 Å². The van der Waals surface area contributed by atoms with E-state index in [2.05, 4.69) is 13.2 Å². The topological polar surface area (TPSA) is 52.6 Å². The average molecular weight is 290 g/mol. The lowest BCUT2D eigenvalue weighted by molar-refractivity contribution is -0.146. The van der Waals surface area contributed by atoms with Crippen molar-refractivity contribution in [3.05, 3.63) is 24.3 Å². The highest BCUT2D eigenvalue weighted by atomic mass is 16.6. The monoisotopic (exact) mass is 290 g/mol. The van der Waals surface area contributed by atoms with Crippen molar-refractivity contribution < 1.29 is 19.1 Å². The molecule has 0 radical (unpaired) electrons. The number of fused-ring (bicyclic) bond motifs is 3. The molecule has 4 heteroatoms. The Morgan fingerprint density at radius 2 is 2.10 bits per heavy atom. The Balaban J connectivity index is 1.91. The van der Waals surface area contributed by atoms with Crippen molar-refractivity contribution in [1.29, 1.82) is 0 Å². The molecule has 2 unspecified atom stereocenters. The summed E-state index contributed by atoms with van der Waals surface area (Å²) in [6.07, 6.45) is 2.16. The maximum Gasteiger partial charge on any atom is 0.309 e. The lowest BCUT2D eigenvalue weighted by Gasteiger charge is -2.26. The Morgan fingerprint density at radius 3 is 2.76 bits per heavy atom. The van der Waals surface area contributed by atoms with Crippen LogP contribution in [0.3, 0.4) is 0 Å². The first-order valence-electron chi connectivity index (χ1n) is 7.64. The highest BCUT2D eigenvalue weighted by Crippen LogP contribution is 2.52. The minimum absolute atomic E-state index is 0.0447. The van der Waals surface area contributed by atoms with Crippen LogP contribution in [0.15, 0.2) is 24.3 Å². The van der Waals surface area contributed by atoms with Crippen molar-refractivity contribution in [1.82, 2.24) is 0 Å². The van der Waals surface area contributed by atoms with E-state index >= 15 is 0 Å². The number of rotatable bonds is 1. The number of allylic oxidation sites excluding steroid dienone is 1. The summed E-state index contributed by atoms with van der Waals surface area (Å²) in [5.41, 5.74) is 2.06. The Kier molecular flexibility index (Phi) is 3.42. The third kappa shape index (κ3) is 2.21. The molecule has 0 aromatic rings. The summed E-state index contributed by atoms with van der Waals surface area (Å²) in [6, 6.07) is 0. The molecule has 0 aromatic heterocycles. The normalized spacial score (nSPS) is 42.1. The second-order valence-corrected chi connectivity index (χ2v) is 6.59. The lowest BCUT2D eigenvalue weighted by Crippen LogP contribution is -2.30. The van der Waals surface area contributed by atoms with E-state index < -0.39 is 0 Å². The average Bonchev–Trinajstić information content (AvgIpc) is 2.81. The molecule has 0 bridgehead atoms. The summed E-state index contributed by atoms with van der Waals surface area (Å²) in [4.78, 5) is 23.2. The zero-order valence-electron chi connectivity index (χ0n) is 12.6. The van der Waals surface area contributed by atoms with Crippen LogP contribution in [0.1, 0.15) is 33.1 Å². The second kappa shape index (κ2) is 5.00. The third-order valence-electron chi connectivity index (χ3n) is 5.42. The maximum absolute atomic E-state index is 11.9. The molecule has 0 N–H and O–H groups in total. The van der Waals surface area contributed by atoms with Crippen LogP contribution in [0.5, 0.6) is 0 Å². The smallest absolute Gasteiger partial charge is 0.309 e. The van der Waals surface area contributed by atoms with Crippen molar-refractivity contribution >= 4 is 11.9 Å². The number of hydrogen-bond acceptors (Lipinski definition) is 4. The molecule has 1 saturated heterocycles. The quantitative estimate of drug-likeness (QED) is 0.550.